The first-order valence-corrected chi connectivity index (χ1v) is 5.27. The van der Waals surface area contributed by atoms with E-state index >= 15 is 0 Å². The van der Waals surface area contributed by atoms with Gasteiger partial charge in [-0.2, -0.15) is 0 Å². The van der Waals surface area contributed by atoms with Crippen molar-refractivity contribution in [2.45, 2.75) is 33.1 Å². The number of carbonyl (C=O) groups is 1. The zero-order valence-corrected chi connectivity index (χ0v) is 8.84. The van der Waals surface area contributed by atoms with Crippen LogP contribution in [0.1, 0.15) is 40.7 Å². The van der Waals surface area contributed by atoms with Crippen molar-refractivity contribution in [3.05, 3.63) is 34.9 Å². The van der Waals surface area contributed by atoms with Crippen LogP contribution < -0.4 is 0 Å². The molecule has 1 aromatic carbocycles. The van der Waals surface area contributed by atoms with Gasteiger partial charge >= 0.3 is 0 Å². The van der Waals surface area contributed by atoms with Crippen molar-refractivity contribution in [1.29, 1.82) is 0 Å². The highest BCUT2D eigenvalue weighted by atomic mass is 16.1. The predicted molar refractivity (Wildman–Crippen MR) is 57.6 cm³/mol. The third kappa shape index (κ3) is 2.03. The van der Waals surface area contributed by atoms with Crippen LogP contribution >= 0.6 is 0 Å². The van der Waals surface area contributed by atoms with Crippen LogP contribution in [0, 0.1) is 19.8 Å². The van der Waals surface area contributed by atoms with E-state index in [1.807, 2.05) is 18.2 Å². The normalized spacial score (nSPS) is 15.6. The van der Waals surface area contributed by atoms with E-state index in [1.54, 1.807) is 0 Å². The predicted octanol–water partition coefficient (Wildman–Crippen LogP) is 3.29. The molecule has 0 amide bonds. The maximum absolute atomic E-state index is 11.8. The molecule has 1 aliphatic carbocycles. The van der Waals surface area contributed by atoms with Gasteiger partial charge in [-0.05, 0) is 49.8 Å². The molecule has 0 saturated heterocycles. The first-order chi connectivity index (χ1) is 6.66. The Bertz CT molecular complexity index is 361. The van der Waals surface area contributed by atoms with Crippen LogP contribution in [0.2, 0.25) is 0 Å². The zero-order chi connectivity index (χ0) is 10.1. The van der Waals surface area contributed by atoms with E-state index in [-0.39, 0.29) is 0 Å². The Balaban J connectivity index is 2.14. The van der Waals surface area contributed by atoms with E-state index in [0.717, 1.165) is 12.0 Å². The van der Waals surface area contributed by atoms with Crippen LogP contribution in [0.4, 0.5) is 0 Å². The molecule has 1 heteroatoms. The summed E-state index contributed by atoms with van der Waals surface area (Å²) in [5.74, 6) is 1.000. The molecule has 0 heterocycles. The third-order valence-electron chi connectivity index (χ3n) is 3.00. The van der Waals surface area contributed by atoms with Crippen LogP contribution in [0.25, 0.3) is 0 Å². The van der Waals surface area contributed by atoms with Crippen molar-refractivity contribution in [1.82, 2.24) is 0 Å². The number of Topliss-reactive ketones (excluding diaryl/α,β-unsaturated/α-hetero) is 1. The number of hydrogen-bond acceptors (Lipinski definition) is 1. The van der Waals surface area contributed by atoms with E-state index in [2.05, 4.69) is 13.8 Å². The second-order valence-corrected chi connectivity index (χ2v) is 4.37. The summed E-state index contributed by atoms with van der Waals surface area (Å²) in [6, 6.07) is 6.00. The molecular formula is C13H16O. The first kappa shape index (κ1) is 9.45. The fraction of sp³-hybridized carbons (Fsp3) is 0.462. The minimum atomic E-state index is 0.315. The van der Waals surface area contributed by atoms with Gasteiger partial charge in [-0.3, -0.25) is 4.79 Å². The van der Waals surface area contributed by atoms with E-state index in [4.69, 9.17) is 0 Å². The molecule has 1 saturated carbocycles. The summed E-state index contributed by atoms with van der Waals surface area (Å²) in [5, 5.41) is 0. The van der Waals surface area contributed by atoms with Gasteiger partial charge in [-0.25, -0.2) is 0 Å². The number of benzene rings is 1. The number of carbonyl (C=O) groups excluding carboxylic acids is 1. The number of aryl methyl sites for hydroxylation is 2. The summed E-state index contributed by atoms with van der Waals surface area (Å²) in [7, 11) is 0. The Morgan fingerprint density at radius 2 is 2.00 bits per heavy atom. The van der Waals surface area contributed by atoms with Crippen molar-refractivity contribution in [2.24, 2.45) is 5.92 Å². The van der Waals surface area contributed by atoms with Gasteiger partial charge in [0.25, 0.3) is 0 Å². The molecule has 2 rings (SSSR count). The second-order valence-electron chi connectivity index (χ2n) is 4.37. The van der Waals surface area contributed by atoms with Gasteiger partial charge in [0.15, 0.2) is 5.78 Å². The van der Waals surface area contributed by atoms with E-state index in [0.29, 0.717) is 11.7 Å². The molecule has 0 aromatic heterocycles. The lowest BCUT2D eigenvalue weighted by atomic mass is 10.0. The summed E-state index contributed by atoms with van der Waals surface area (Å²) in [5.41, 5.74) is 3.36. The highest BCUT2D eigenvalue weighted by Gasteiger charge is 2.24. The standard InChI is InChI=1S/C13H16O/c1-9-3-6-12(7-10(9)2)13(14)8-11-4-5-11/h3,6-7,11H,4-5,8H2,1-2H3. The molecule has 1 aromatic rings. The lowest BCUT2D eigenvalue weighted by molar-refractivity contribution is 0.0976. The Kier molecular flexibility index (Phi) is 2.40. The number of ketones is 1. The van der Waals surface area contributed by atoms with E-state index in [9.17, 15) is 4.79 Å². The van der Waals surface area contributed by atoms with Gasteiger partial charge < -0.3 is 0 Å². The van der Waals surface area contributed by atoms with Crippen molar-refractivity contribution in [3.63, 3.8) is 0 Å². The van der Waals surface area contributed by atoms with Crippen LogP contribution in [0.3, 0.4) is 0 Å². The molecule has 1 aliphatic rings. The fourth-order valence-corrected chi connectivity index (χ4v) is 1.62. The van der Waals surface area contributed by atoms with Gasteiger partial charge in [0, 0.05) is 12.0 Å². The molecule has 74 valence electrons. The molecule has 0 radical (unpaired) electrons. The van der Waals surface area contributed by atoms with Gasteiger partial charge in [0.05, 0.1) is 0 Å². The lowest BCUT2D eigenvalue weighted by Crippen LogP contribution is -2.00. The molecular weight excluding hydrogens is 172 g/mol. The largest absolute Gasteiger partial charge is 0.294 e. The minimum absolute atomic E-state index is 0.315. The monoisotopic (exact) mass is 188 g/mol. The maximum atomic E-state index is 11.8. The van der Waals surface area contributed by atoms with E-state index in [1.165, 1.54) is 24.0 Å². The summed E-state index contributed by atoms with van der Waals surface area (Å²) >= 11 is 0. The van der Waals surface area contributed by atoms with Crippen LogP contribution in [0.15, 0.2) is 18.2 Å². The SMILES string of the molecule is Cc1ccc(C(=O)CC2CC2)cc1C. The molecule has 0 spiro atoms. The average molecular weight is 188 g/mol. The van der Waals surface area contributed by atoms with Crippen molar-refractivity contribution in [3.8, 4) is 0 Å². The van der Waals surface area contributed by atoms with Crippen LogP contribution in [-0.4, -0.2) is 5.78 Å². The molecule has 0 atom stereocenters. The number of hydrogen-bond donors (Lipinski definition) is 0. The Morgan fingerprint density at radius 3 is 2.57 bits per heavy atom. The minimum Gasteiger partial charge on any atom is -0.294 e. The van der Waals surface area contributed by atoms with Crippen LogP contribution in [0.5, 0.6) is 0 Å². The molecule has 1 fully saturated rings. The highest BCUT2D eigenvalue weighted by molar-refractivity contribution is 5.96. The molecule has 0 bridgehead atoms. The summed E-state index contributed by atoms with van der Waals surface area (Å²) in [6.45, 7) is 4.13. The topological polar surface area (TPSA) is 17.1 Å². The maximum Gasteiger partial charge on any atom is 0.163 e. The zero-order valence-electron chi connectivity index (χ0n) is 8.84. The van der Waals surface area contributed by atoms with Crippen molar-refractivity contribution in [2.75, 3.05) is 0 Å². The number of rotatable bonds is 3. The van der Waals surface area contributed by atoms with Gasteiger partial charge in [-0.1, -0.05) is 12.1 Å². The third-order valence-corrected chi connectivity index (χ3v) is 3.00. The fourth-order valence-electron chi connectivity index (χ4n) is 1.62. The smallest absolute Gasteiger partial charge is 0.163 e. The molecule has 1 nitrogen and oxygen atoms in total. The van der Waals surface area contributed by atoms with Crippen molar-refractivity contribution >= 4 is 5.78 Å². The Morgan fingerprint density at radius 1 is 1.29 bits per heavy atom. The van der Waals surface area contributed by atoms with Crippen LogP contribution in [-0.2, 0) is 0 Å². The van der Waals surface area contributed by atoms with Gasteiger partial charge in [-0.15, -0.1) is 0 Å². The second kappa shape index (κ2) is 3.56. The first-order valence-electron chi connectivity index (χ1n) is 5.27. The quantitative estimate of drug-likeness (QED) is 0.665. The Hall–Kier alpha value is -1.11. The molecule has 0 aliphatic heterocycles. The van der Waals surface area contributed by atoms with E-state index < -0.39 is 0 Å². The summed E-state index contributed by atoms with van der Waals surface area (Å²) in [6.07, 6.45) is 3.25. The van der Waals surface area contributed by atoms with Gasteiger partial charge in [0.1, 0.15) is 0 Å². The lowest BCUT2D eigenvalue weighted by Gasteiger charge is -2.03. The molecule has 0 N–H and O–H groups in total. The molecule has 14 heavy (non-hydrogen) atoms. The summed E-state index contributed by atoms with van der Waals surface area (Å²) in [4.78, 5) is 11.8. The summed E-state index contributed by atoms with van der Waals surface area (Å²) < 4.78 is 0. The van der Waals surface area contributed by atoms with Crippen molar-refractivity contribution < 1.29 is 4.79 Å². The van der Waals surface area contributed by atoms with Gasteiger partial charge in [0.2, 0.25) is 0 Å². The average Bonchev–Trinajstić information content (AvgIpc) is 2.93. The Labute approximate surface area is 85.1 Å². The molecule has 0 unspecified atom stereocenters. The highest BCUT2D eigenvalue weighted by Crippen LogP contribution is 2.33.